The number of carbonyl (C=O) groups is 2. The van der Waals surface area contributed by atoms with Gasteiger partial charge in [-0.2, -0.15) is 4.31 Å². The molecule has 1 aliphatic heterocycles. The molecule has 0 atom stereocenters. The van der Waals surface area contributed by atoms with Crippen molar-refractivity contribution in [3.05, 3.63) is 65.2 Å². The van der Waals surface area contributed by atoms with Gasteiger partial charge in [-0.15, -0.1) is 0 Å². The molecule has 3 rings (SSSR count). The Labute approximate surface area is 188 Å². The quantitative estimate of drug-likeness (QED) is 0.453. The van der Waals surface area contributed by atoms with Crippen LogP contribution in [-0.2, 0) is 30.7 Å². The van der Waals surface area contributed by atoms with Crippen LogP contribution in [0, 0.1) is 6.92 Å². The normalized spacial score (nSPS) is 14.7. The summed E-state index contributed by atoms with van der Waals surface area (Å²) in [7, 11) is -3.70. The second kappa shape index (κ2) is 11.2. The Hall–Kier alpha value is -2.75. The van der Waals surface area contributed by atoms with Crippen LogP contribution in [0.25, 0.3) is 0 Å². The van der Waals surface area contributed by atoms with Gasteiger partial charge < -0.3 is 14.8 Å². The van der Waals surface area contributed by atoms with E-state index >= 15 is 0 Å². The number of hydrogen-bond acceptors (Lipinski definition) is 6. The van der Waals surface area contributed by atoms with Crippen LogP contribution in [0.1, 0.15) is 27.9 Å². The molecule has 1 N–H and O–H groups in total. The van der Waals surface area contributed by atoms with E-state index in [2.05, 4.69) is 5.32 Å². The van der Waals surface area contributed by atoms with Crippen molar-refractivity contribution in [3.8, 4) is 0 Å². The first-order chi connectivity index (χ1) is 15.4. The Bertz CT molecular complexity index is 1030. The first-order valence-electron chi connectivity index (χ1n) is 10.5. The highest BCUT2D eigenvalue weighted by Crippen LogP contribution is 2.18. The number of amides is 1. The zero-order valence-corrected chi connectivity index (χ0v) is 18.9. The second-order valence-corrected chi connectivity index (χ2v) is 9.45. The van der Waals surface area contributed by atoms with Gasteiger partial charge in [0.05, 0.1) is 30.2 Å². The zero-order valence-electron chi connectivity index (χ0n) is 18.1. The van der Waals surface area contributed by atoms with Crippen molar-refractivity contribution < 1.29 is 27.5 Å². The fraction of sp³-hybridized carbons (Fsp3) is 0.391. The molecule has 2 aromatic carbocycles. The lowest BCUT2D eigenvalue weighted by atomic mass is 10.1. The van der Waals surface area contributed by atoms with E-state index in [0.29, 0.717) is 26.1 Å². The molecule has 0 aliphatic carbocycles. The smallest absolute Gasteiger partial charge is 0.338 e. The van der Waals surface area contributed by atoms with E-state index < -0.39 is 16.0 Å². The molecule has 0 aromatic heterocycles. The van der Waals surface area contributed by atoms with Gasteiger partial charge in [0.25, 0.3) is 0 Å². The summed E-state index contributed by atoms with van der Waals surface area (Å²) in [5, 5.41) is 2.72. The van der Waals surface area contributed by atoms with Gasteiger partial charge in [0.1, 0.15) is 6.61 Å². The lowest BCUT2D eigenvalue weighted by Crippen LogP contribution is -2.40. The monoisotopic (exact) mass is 460 g/mol. The molecule has 172 valence electrons. The fourth-order valence-corrected chi connectivity index (χ4v) is 4.69. The SMILES string of the molecule is Cc1ccc(CCC(=O)NCCOC(=O)c2cccc(S(=O)(=O)N3CCOCC3)c2)cc1. The van der Waals surface area contributed by atoms with Crippen LogP contribution in [0.2, 0.25) is 0 Å². The lowest BCUT2D eigenvalue weighted by Gasteiger charge is -2.26. The summed E-state index contributed by atoms with van der Waals surface area (Å²) >= 11 is 0. The summed E-state index contributed by atoms with van der Waals surface area (Å²) in [5.74, 6) is -0.766. The molecule has 0 bridgehead atoms. The number of carbonyl (C=O) groups excluding carboxylic acids is 2. The summed E-state index contributed by atoms with van der Waals surface area (Å²) in [6.45, 7) is 3.44. The van der Waals surface area contributed by atoms with Crippen LogP contribution >= 0.6 is 0 Å². The predicted molar refractivity (Wildman–Crippen MR) is 119 cm³/mol. The number of benzene rings is 2. The third-order valence-corrected chi connectivity index (χ3v) is 6.99. The van der Waals surface area contributed by atoms with E-state index in [0.717, 1.165) is 5.56 Å². The van der Waals surface area contributed by atoms with Gasteiger partial charge >= 0.3 is 5.97 Å². The molecule has 2 aromatic rings. The maximum absolute atomic E-state index is 12.7. The number of nitrogens with one attached hydrogen (secondary N) is 1. The summed E-state index contributed by atoms with van der Waals surface area (Å²) < 4.78 is 37.2. The fourth-order valence-electron chi connectivity index (χ4n) is 3.24. The molecule has 32 heavy (non-hydrogen) atoms. The Morgan fingerprint density at radius 1 is 1.09 bits per heavy atom. The molecule has 0 unspecified atom stereocenters. The number of aryl methyl sites for hydroxylation is 2. The topological polar surface area (TPSA) is 102 Å². The van der Waals surface area contributed by atoms with Crippen molar-refractivity contribution in [1.82, 2.24) is 9.62 Å². The van der Waals surface area contributed by atoms with Crippen LogP contribution in [0.5, 0.6) is 0 Å². The minimum Gasteiger partial charge on any atom is -0.460 e. The van der Waals surface area contributed by atoms with E-state index in [1.807, 2.05) is 31.2 Å². The Kier molecular flexibility index (Phi) is 8.38. The van der Waals surface area contributed by atoms with Crippen molar-refractivity contribution in [2.24, 2.45) is 0 Å². The highest BCUT2D eigenvalue weighted by Gasteiger charge is 2.27. The average molecular weight is 461 g/mol. The van der Waals surface area contributed by atoms with Gasteiger partial charge in [-0.3, -0.25) is 4.79 Å². The minimum atomic E-state index is -3.70. The second-order valence-electron chi connectivity index (χ2n) is 7.52. The number of sulfonamides is 1. The molecule has 1 aliphatic rings. The maximum atomic E-state index is 12.7. The largest absolute Gasteiger partial charge is 0.460 e. The summed E-state index contributed by atoms with van der Waals surface area (Å²) in [6.07, 6.45) is 0.981. The molecule has 0 saturated carbocycles. The molecule has 0 spiro atoms. The molecular formula is C23H28N2O6S. The van der Waals surface area contributed by atoms with Crippen molar-refractivity contribution in [1.29, 1.82) is 0 Å². The van der Waals surface area contributed by atoms with E-state index in [1.165, 1.54) is 34.1 Å². The van der Waals surface area contributed by atoms with Crippen LogP contribution < -0.4 is 5.32 Å². The Balaban J connectivity index is 1.44. The van der Waals surface area contributed by atoms with Gasteiger partial charge in [-0.25, -0.2) is 13.2 Å². The van der Waals surface area contributed by atoms with Crippen molar-refractivity contribution in [3.63, 3.8) is 0 Å². The van der Waals surface area contributed by atoms with E-state index in [1.54, 1.807) is 0 Å². The molecule has 0 radical (unpaired) electrons. The summed E-state index contributed by atoms with van der Waals surface area (Å²) in [5.41, 5.74) is 2.40. The molecular weight excluding hydrogens is 432 g/mol. The number of ether oxygens (including phenoxy) is 2. The number of hydrogen-bond donors (Lipinski definition) is 1. The first kappa shape index (κ1) is 23.9. The van der Waals surface area contributed by atoms with Crippen LogP contribution in [0.15, 0.2) is 53.4 Å². The third kappa shape index (κ3) is 6.62. The number of rotatable bonds is 9. The molecule has 1 fully saturated rings. The highest BCUT2D eigenvalue weighted by atomic mass is 32.2. The van der Waals surface area contributed by atoms with Crippen LogP contribution in [-0.4, -0.2) is 64.1 Å². The number of nitrogens with zero attached hydrogens (tertiary/aromatic N) is 1. The Morgan fingerprint density at radius 3 is 2.53 bits per heavy atom. The predicted octanol–water partition coefficient (Wildman–Crippen LogP) is 1.92. The first-order valence-corrected chi connectivity index (χ1v) is 12.0. The van der Waals surface area contributed by atoms with Gasteiger partial charge in [-0.05, 0) is 37.1 Å². The molecule has 8 nitrogen and oxygen atoms in total. The standard InChI is InChI=1S/C23H28N2O6S/c1-18-5-7-19(8-6-18)9-10-22(26)24-11-14-31-23(27)20-3-2-4-21(17-20)32(28,29)25-12-15-30-16-13-25/h2-8,17H,9-16H2,1H3,(H,24,26). The number of esters is 1. The Morgan fingerprint density at radius 2 is 1.81 bits per heavy atom. The van der Waals surface area contributed by atoms with Crippen molar-refractivity contribution in [2.45, 2.75) is 24.7 Å². The molecule has 1 amide bonds. The van der Waals surface area contributed by atoms with Crippen LogP contribution in [0.3, 0.4) is 0 Å². The maximum Gasteiger partial charge on any atom is 0.338 e. The lowest BCUT2D eigenvalue weighted by molar-refractivity contribution is -0.121. The summed E-state index contributed by atoms with van der Waals surface area (Å²) in [6, 6.07) is 13.8. The van der Waals surface area contributed by atoms with Crippen molar-refractivity contribution >= 4 is 21.9 Å². The minimum absolute atomic E-state index is 0.00442. The van der Waals surface area contributed by atoms with Crippen molar-refractivity contribution in [2.75, 3.05) is 39.5 Å². The van der Waals surface area contributed by atoms with Crippen LogP contribution in [0.4, 0.5) is 0 Å². The summed E-state index contributed by atoms with van der Waals surface area (Å²) in [4.78, 5) is 24.3. The van der Waals surface area contributed by atoms with Gasteiger partial charge in [-0.1, -0.05) is 35.9 Å². The third-order valence-electron chi connectivity index (χ3n) is 5.10. The number of morpholine rings is 1. The zero-order chi connectivity index (χ0) is 23.0. The van der Waals surface area contributed by atoms with Gasteiger partial charge in [0.15, 0.2) is 0 Å². The van der Waals surface area contributed by atoms with Gasteiger partial charge in [0.2, 0.25) is 15.9 Å². The molecule has 9 heteroatoms. The van der Waals surface area contributed by atoms with Gasteiger partial charge in [0, 0.05) is 19.5 Å². The van der Waals surface area contributed by atoms with E-state index in [-0.39, 0.29) is 42.6 Å². The molecule has 1 saturated heterocycles. The molecule has 1 heterocycles. The van der Waals surface area contributed by atoms with E-state index in [9.17, 15) is 18.0 Å². The highest BCUT2D eigenvalue weighted by molar-refractivity contribution is 7.89. The average Bonchev–Trinajstić information content (AvgIpc) is 2.82. The van der Waals surface area contributed by atoms with E-state index in [4.69, 9.17) is 9.47 Å².